The number of carbonyl (C=O) groups excluding carboxylic acids is 1. The van der Waals surface area contributed by atoms with E-state index in [1.807, 2.05) is 20.8 Å². The van der Waals surface area contributed by atoms with Crippen molar-refractivity contribution < 1.29 is 18.0 Å². The summed E-state index contributed by atoms with van der Waals surface area (Å²) < 4.78 is 35.8. The molecule has 0 bridgehead atoms. The van der Waals surface area contributed by atoms with Crippen LogP contribution >= 0.6 is 23.1 Å². The quantitative estimate of drug-likeness (QED) is 0.717. The highest BCUT2D eigenvalue weighted by Crippen LogP contribution is 2.30. The van der Waals surface area contributed by atoms with Gasteiger partial charge in [-0.25, -0.2) is 4.98 Å². The summed E-state index contributed by atoms with van der Waals surface area (Å²) in [7, 11) is 0. The molecule has 21 heavy (non-hydrogen) atoms. The maximum absolute atomic E-state index is 11.9. The second kappa shape index (κ2) is 6.73. The zero-order valence-corrected chi connectivity index (χ0v) is 13.4. The topological polar surface area (TPSA) is 80.0 Å². The molecule has 0 aliphatic heterocycles. The molecule has 10 heteroatoms. The zero-order chi connectivity index (χ0) is 16.3. The Morgan fingerprint density at radius 1 is 1.38 bits per heavy atom. The van der Waals surface area contributed by atoms with Gasteiger partial charge in [0.1, 0.15) is 10.7 Å². The number of alkyl halides is 3. The number of hydrogen-bond donors (Lipinski definition) is 3. The molecular formula is C11H17F3N4OS2. The number of thiazole rings is 1. The number of thioether (sulfide) groups is 1. The van der Waals surface area contributed by atoms with Crippen molar-refractivity contribution in [2.45, 2.75) is 31.8 Å². The second-order valence-electron chi connectivity index (χ2n) is 5.16. The van der Waals surface area contributed by atoms with E-state index in [0.717, 1.165) is 11.3 Å². The minimum absolute atomic E-state index is 0.0627. The van der Waals surface area contributed by atoms with Gasteiger partial charge in [0.05, 0.1) is 0 Å². The number of nitrogens with zero attached hydrogens (tertiary/aromatic N) is 1. The fourth-order valence-electron chi connectivity index (χ4n) is 1.28. The lowest BCUT2D eigenvalue weighted by Crippen LogP contribution is -2.26. The van der Waals surface area contributed by atoms with Gasteiger partial charge >= 0.3 is 5.51 Å². The highest BCUT2D eigenvalue weighted by atomic mass is 32.2. The summed E-state index contributed by atoms with van der Waals surface area (Å²) in [4.78, 5) is 16.0. The smallest absolute Gasteiger partial charge is 0.382 e. The normalized spacial score (nSPS) is 12.3. The van der Waals surface area contributed by atoms with Gasteiger partial charge in [0.15, 0.2) is 5.13 Å². The van der Waals surface area contributed by atoms with E-state index in [0.29, 0.717) is 5.13 Å². The Bertz CT molecular complexity index is 497. The molecule has 4 N–H and O–H groups in total. The summed E-state index contributed by atoms with van der Waals surface area (Å²) in [6, 6.07) is 0. The van der Waals surface area contributed by atoms with Crippen molar-refractivity contribution in [3.05, 3.63) is 4.88 Å². The Hall–Kier alpha value is -1.16. The summed E-state index contributed by atoms with van der Waals surface area (Å²) in [6.07, 6.45) is 0. The van der Waals surface area contributed by atoms with Gasteiger partial charge in [-0.15, -0.1) is 0 Å². The molecule has 0 radical (unpaired) electrons. The number of nitrogens with one attached hydrogen (secondary N) is 2. The van der Waals surface area contributed by atoms with Crippen molar-refractivity contribution in [2.24, 2.45) is 0 Å². The first-order valence-electron chi connectivity index (χ1n) is 6.01. The Morgan fingerprint density at radius 2 is 2.00 bits per heavy atom. The van der Waals surface area contributed by atoms with Gasteiger partial charge in [0.2, 0.25) is 0 Å². The van der Waals surface area contributed by atoms with E-state index in [1.54, 1.807) is 0 Å². The van der Waals surface area contributed by atoms with Crippen LogP contribution in [-0.4, -0.2) is 34.2 Å². The molecule has 0 fully saturated rings. The first kappa shape index (κ1) is 17.9. The van der Waals surface area contributed by atoms with Crippen LogP contribution in [0.25, 0.3) is 0 Å². The highest BCUT2D eigenvalue weighted by Gasteiger charge is 2.27. The number of aromatic nitrogens is 1. The molecule has 1 rings (SSSR count). The maximum atomic E-state index is 11.9. The average molecular weight is 342 g/mol. The molecule has 5 nitrogen and oxygen atoms in total. The number of amides is 1. The van der Waals surface area contributed by atoms with Crippen LogP contribution in [0.4, 0.5) is 24.1 Å². The van der Waals surface area contributed by atoms with Crippen molar-refractivity contribution in [3.8, 4) is 0 Å². The van der Waals surface area contributed by atoms with E-state index in [4.69, 9.17) is 5.73 Å². The third kappa shape index (κ3) is 6.89. The molecule has 1 amide bonds. The van der Waals surface area contributed by atoms with Gasteiger partial charge in [-0.1, -0.05) is 11.3 Å². The number of nitrogens with two attached hydrogens (primary N) is 1. The van der Waals surface area contributed by atoms with Gasteiger partial charge in [0.25, 0.3) is 5.91 Å². The summed E-state index contributed by atoms with van der Waals surface area (Å²) >= 11 is 0.887. The Morgan fingerprint density at radius 3 is 2.52 bits per heavy atom. The number of rotatable bonds is 5. The number of carbonyl (C=O) groups is 1. The van der Waals surface area contributed by atoms with Gasteiger partial charge < -0.3 is 16.4 Å². The molecule has 0 spiro atoms. The lowest BCUT2D eigenvalue weighted by molar-refractivity contribution is -0.0327. The van der Waals surface area contributed by atoms with E-state index >= 15 is 0 Å². The van der Waals surface area contributed by atoms with Gasteiger partial charge in [-0.05, 0) is 32.5 Å². The van der Waals surface area contributed by atoms with Crippen molar-refractivity contribution in [3.63, 3.8) is 0 Å². The van der Waals surface area contributed by atoms with Crippen molar-refractivity contribution in [1.29, 1.82) is 0 Å². The molecule has 0 aliphatic carbocycles. The fourth-order valence-corrected chi connectivity index (χ4v) is 2.73. The van der Waals surface area contributed by atoms with E-state index in [9.17, 15) is 18.0 Å². The SMILES string of the molecule is CC(C)(C)Nc1nc(N)c(C(=O)NCCSC(F)(F)F)s1. The predicted molar refractivity (Wildman–Crippen MR) is 80.7 cm³/mol. The predicted octanol–water partition coefficient (Wildman–Crippen LogP) is 2.92. The highest BCUT2D eigenvalue weighted by molar-refractivity contribution is 8.00. The summed E-state index contributed by atoms with van der Waals surface area (Å²) in [5.41, 5.74) is 1.12. The van der Waals surface area contributed by atoms with Gasteiger partial charge in [-0.3, -0.25) is 4.79 Å². The van der Waals surface area contributed by atoms with E-state index in [2.05, 4.69) is 15.6 Å². The molecule has 0 aliphatic rings. The lowest BCUT2D eigenvalue weighted by atomic mass is 10.1. The van der Waals surface area contributed by atoms with Crippen LogP contribution in [0.15, 0.2) is 0 Å². The first-order chi connectivity index (χ1) is 9.48. The minimum Gasteiger partial charge on any atom is -0.382 e. The maximum Gasteiger partial charge on any atom is 0.441 e. The van der Waals surface area contributed by atoms with Crippen LogP contribution in [0.5, 0.6) is 0 Å². The number of nitrogen functional groups attached to an aromatic ring is 1. The molecule has 0 atom stereocenters. The summed E-state index contributed by atoms with van der Waals surface area (Å²) in [6.45, 7) is 5.69. The molecule has 0 saturated carbocycles. The monoisotopic (exact) mass is 342 g/mol. The minimum atomic E-state index is -4.29. The molecular weight excluding hydrogens is 325 g/mol. The van der Waals surface area contributed by atoms with Crippen molar-refractivity contribution in [1.82, 2.24) is 10.3 Å². The Labute approximate surface area is 128 Å². The third-order valence-electron chi connectivity index (χ3n) is 1.99. The molecule has 0 unspecified atom stereocenters. The summed E-state index contributed by atoms with van der Waals surface area (Å²) in [5.74, 6) is -0.705. The molecule has 1 heterocycles. The van der Waals surface area contributed by atoms with E-state index in [1.165, 1.54) is 0 Å². The molecule has 0 aromatic carbocycles. The number of halogens is 3. The first-order valence-corrected chi connectivity index (χ1v) is 7.81. The van der Waals surface area contributed by atoms with Crippen LogP contribution in [0, 0.1) is 0 Å². The largest absolute Gasteiger partial charge is 0.441 e. The van der Waals surface area contributed by atoms with Crippen LogP contribution in [-0.2, 0) is 0 Å². The van der Waals surface area contributed by atoms with Crippen LogP contribution < -0.4 is 16.4 Å². The molecule has 0 saturated heterocycles. The zero-order valence-electron chi connectivity index (χ0n) is 11.8. The third-order valence-corrected chi connectivity index (χ3v) is 3.72. The van der Waals surface area contributed by atoms with Crippen LogP contribution in [0.3, 0.4) is 0 Å². The number of hydrogen-bond acceptors (Lipinski definition) is 6. The van der Waals surface area contributed by atoms with E-state index < -0.39 is 11.4 Å². The van der Waals surface area contributed by atoms with Crippen molar-refractivity contribution >= 4 is 40.0 Å². The molecule has 1 aromatic rings. The van der Waals surface area contributed by atoms with Gasteiger partial charge in [0, 0.05) is 17.8 Å². The van der Waals surface area contributed by atoms with E-state index in [-0.39, 0.29) is 40.3 Å². The van der Waals surface area contributed by atoms with Crippen molar-refractivity contribution in [2.75, 3.05) is 23.3 Å². The molecule has 1 aromatic heterocycles. The van der Waals surface area contributed by atoms with Crippen LogP contribution in [0.1, 0.15) is 30.4 Å². The standard InChI is InChI=1S/C11H17F3N4OS2/c1-10(2,3)18-9-17-7(15)6(21-9)8(19)16-4-5-20-11(12,13)14/h4-5,15H2,1-3H3,(H,16,19)(H,17,18). The fraction of sp³-hybridized carbons (Fsp3) is 0.636. The summed E-state index contributed by atoms with van der Waals surface area (Å²) in [5, 5.41) is 5.97. The van der Waals surface area contributed by atoms with Crippen LogP contribution in [0.2, 0.25) is 0 Å². The second-order valence-corrected chi connectivity index (χ2v) is 7.32. The number of anilines is 2. The Balaban J connectivity index is 2.55. The Kier molecular flexibility index (Phi) is 5.74. The average Bonchev–Trinajstić information content (AvgIpc) is 2.61. The van der Waals surface area contributed by atoms with Gasteiger partial charge in [-0.2, -0.15) is 13.2 Å². The lowest BCUT2D eigenvalue weighted by Gasteiger charge is -2.19. The molecule has 120 valence electrons.